The molecule has 2 aromatic rings. The zero-order chi connectivity index (χ0) is 17.1. The number of aromatic nitrogens is 1. The largest absolute Gasteiger partial charge is 0.387 e. The van der Waals surface area contributed by atoms with Gasteiger partial charge in [0.1, 0.15) is 0 Å². The van der Waals surface area contributed by atoms with Crippen molar-refractivity contribution in [2.75, 3.05) is 26.3 Å². The number of non-ortho nitro benzene ring substituents is 1. The predicted molar refractivity (Wildman–Crippen MR) is 88.6 cm³/mol. The van der Waals surface area contributed by atoms with Crippen LogP contribution in [0.25, 0.3) is 0 Å². The van der Waals surface area contributed by atoms with Gasteiger partial charge in [-0.15, -0.1) is 0 Å². The predicted octanol–water partition coefficient (Wildman–Crippen LogP) is 2.04. The smallest absolute Gasteiger partial charge is 0.269 e. The van der Waals surface area contributed by atoms with Gasteiger partial charge in [0.25, 0.3) is 5.69 Å². The highest BCUT2D eigenvalue weighted by Gasteiger charge is 2.28. The summed E-state index contributed by atoms with van der Waals surface area (Å²) in [5.74, 6) is 0. The minimum atomic E-state index is -0.786. The molecule has 0 aliphatic carbocycles. The van der Waals surface area contributed by atoms with E-state index in [2.05, 4.69) is 4.90 Å². The molecule has 1 aromatic heterocycles. The Morgan fingerprint density at radius 2 is 2.25 bits per heavy atom. The molecule has 3 rings (SSSR count). The third-order valence-corrected chi connectivity index (χ3v) is 4.44. The second kappa shape index (κ2) is 7.12. The average molecular weight is 331 g/mol. The molecular weight excluding hydrogens is 310 g/mol. The van der Waals surface area contributed by atoms with Crippen LogP contribution < -0.4 is 0 Å². The first-order chi connectivity index (χ1) is 11.6. The van der Waals surface area contributed by atoms with E-state index in [4.69, 9.17) is 4.74 Å². The normalized spacial score (nSPS) is 20.0. The van der Waals surface area contributed by atoms with Crippen molar-refractivity contribution in [1.29, 1.82) is 0 Å². The summed E-state index contributed by atoms with van der Waals surface area (Å²) in [7, 11) is 1.99. The van der Waals surface area contributed by atoms with Crippen molar-refractivity contribution in [3.63, 3.8) is 0 Å². The van der Waals surface area contributed by atoms with E-state index in [1.54, 1.807) is 12.1 Å². The minimum Gasteiger partial charge on any atom is -0.387 e. The van der Waals surface area contributed by atoms with Gasteiger partial charge in [0.05, 0.1) is 30.3 Å². The monoisotopic (exact) mass is 331 g/mol. The molecule has 1 saturated heterocycles. The van der Waals surface area contributed by atoms with Crippen molar-refractivity contribution in [2.24, 2.45) is 7.05 Å². The SMILES string of the molecule is Cn1cccc1[C@@H]1COCCN1C[C@@H](O)c1cccc([N+](=O)[O-])c1. The lowest BCUT2D eigenvalue weighted by Gasteiger charge is -2.37. The highest BCUT2D eigenvalue weighted by Crippen LogP contribution is 2.27. The molecule has 0 bridgehead atoms. The highest BCUT2D eigenvalue weighted by atomic mass is 16.6. The number of aliphatic hydroxyl groups is 1. The Balaban J connectivity index is 1.76. The molecule has 2 heterocycles. The van der Waals surface area contributed by atoms with Crippen LogP contribution in [-0.4, -0.2) is 45.8 Å². The lowest BCUT2D eigenvalue weighted by atomic mass is 10.1. The number of aryl methyl sites for hydroxylation is 1. The van der Waals surface area contributed by atoms with Crippen LogP contribution in [0.15, 0.2) is 42.6 Å². The zero-order valence-electron chi connectivity index (χ0n) is 13.5. The van der Waals surface area contributed by atoms with Gasteiger partial charge < -0.3 is 14.4 Å². The highest BCUT2D eigenvalue weighted by molar-refractivity contribution is 5.35. The van der Waals surface area contributed by atoms with Crippen LogP contribution >= 0.6 is 0 Å². The molecule has 2 atom stereocenters. The second-order valence-electron chi connectivity index (χ2n) is 6.00. The van der Waals surface area contributed by atoms with Crippen molar-refractivity contribution in [3.8, 4) is 0 Å². The van der Waals surface area contributed by atoms with Crippen LogP contribution in [0.4, 0.5) is 5.69 Å². The average Bonchev–Trinajstić information content (AvgIpc) is 3.01. The molecule has 1 fully saturated rings. The van der Waals surface area contributed by atoms with Crippen LogP contribution in [0.1, 0.15) is 23.4 Å². The van der Waals surface area contributed by atoms with E-state index in [1.807, 2.05) is 29.9 Å². The van der Waals surface area contributed by atoms with Gasteiger partial charge in [-0.2, -0.15) is 0 Å². The Hall–Kier alpha value is -2.22. The molecule has 0 unspecified atom stereocenters. The zero-order valence-corrected chi connectivity index (χ0v) is 13.5. The Morgan fingerprint density at radius 1 is 1.42 bits per heavy atom. The molecule has 0 spiro atoms. The molecule has 1 N–H and O–H groups in total. The number of nitro benzene ring substituents is 1. The minimum absolute atomic E-state index is 0.00693. The van der Waals surface area contributed by atoms with E-state index in [0.29, 0.717) is 31.9 Å². The van der Waals surface area contributed by atoms with Gasteiger partial charge in [0, 0.05) is 44.2 Å². The number of ether oxygens (including phenoxy) is 1. The number of benzene rings is 1. The van der Waals surface area contributed by atoms with Gasteiger partial charge in [0.2, 0.25) is 0 Å². The van der Waals surface area contributed by atoms with Crippen LogP contribution in [0.5, 0.6) is 0 Å². The Morgan fingerprint density at radius 3 is 2.96 bits per heavy atom. The molecule has 1 aliphatic heterocycles. The number of hydrogen-bond acceptors (Lipinski definition) is 5. The van der Waals surface area contributed by atoms with Gasteiger partial charge >= 0.3 is 0 Å². The Kier molecular flexibility index (Phi) is 4.94. The number of β-amino-alcohol motifs (C(OH)–C–C–N with tert-alkyl or cyclic N) is 1. The van der Waals surface area contributed by atoms with Crippen LogP contribution in [0.3, 0.4) is 0 Å². The number of morpholine rings is 1. The Bertz CT molecular complexity index is 715. The van der Waals surface area contributed by atoms with Gasteiger partial charge in [-0.25, -0.2) is 0 Å². The summed E-state index contributed by atoms with van der Waals surface area (Å²) in [5, 5.41) is 21.5. The molecule has 7 nitrogen and oxygen atoms in total. The third kappa shape index (κ3) is 3.48. The molecular formula is C17H21N3O4. The number of nitro groups is 1. The van der Waals surface area contributed by atoms with E-state index < -0.39 is 11.0 Å². The molecule has 0 amide bonds. The molecule has 0 radical (unpaired) electrons. The first-order valence-electron chi connectivity index (χ1n) is 7.91. The summed E-state index contributed by atoms with van der Waals surface area (Å²) in [6, 6.07) is 10.3. The molecule has 7 heteroatoms. The second-order valence-corrected chi connectivity index (χ2v) is 6.00. The summed E-state index contributed by atoms with van der Waals surface area (Å²) >= 11 is 0. The van der Waals surface area contributed by atoms with Gasteiger partial charge in [-0.3, -0.25) is 15.0 Å². The maximum atomic E-state index is 10.9. The van der Waals surface area contributed by atoms with Gasteiger partial charge in [-0.1, -0.05) is 12.1 Å². The Labute approximate surface area is 140 Å². The van der Waals surface area contributed by atoms with Crippen molar-refractivity contribution in [1.82, 2.24) is 9.47 Å². The lowest BCUT2D eigenvalue weighted by Crippen LogP contribution is -2.42. The number of rotatable bonds is 5. The summed E-state index contributed by atoms with van der Waals surface area (Å²) in [6.07, 6.45) is 1.20. The summed E-state index contributed by atoms with van der Waals surface area (Å²) in [6.45, 7) is 2.30. The summed E-state index contributed by atoms with van der Waals surface area (Å²) in [5.41, 5.74) is 1.68. The lowest BCUT2D eigenvalue weighted by molar-refractivity contribution is -0.385. The molecule has 0 saturated carbocycles. The fourth-order valence-electron chi connectivity index (χ4n) is 3.12. The van der Waals surface area contributed by atoms with E-state index in [9.17, 15) is 15.2 Å². The maximum Gasteiger partial charge on any atom is 0.269 e. The van der Waals surface area contributed by atoms with Crippen molar-refractivity contribution in [3.05, 3.63) is 64.0 Å². The number of nitrogens with zero attached hydrogens (tertiary/aromatic N) is 3. The van der Waals surface area contributed by atoms with E-state index in [0.717, 1.165) is 5.69 Å². The standard InChI is InChI=1S/C17H21N3O4/c1-18-7-3-6-15(18)16-12-24-9-8-19(16)11-17(21)13-4-2-5-14(10-13)20(22)23/h2-7,10,16-17,21H,8-9,11-12H2,1H3/t16-,17+/m0/s1. The molecule has 128 valence electrons. The first kappa shape index (κ1) is 16.6. The number of aliphatic hydroxyl groups excluding tert-OH is 1. The topological polar surface area (TPSA) is 80.8 Å². The summed E-state index contributed by atoms with van der Waals surface area (Å²) < 4.78 is 7.65. The third-order valence-electron chi connectivity index (χ3n) is 4.44. The summed E-state index contributed by atoms with van der Waals surface area (Å²) in [4.78, 5) is 12.6. The van der Waals surface area contributed by atoms with Crippen LogP contribution in [-0.2, 0) is 11.8 Å². The van der Waals surface area contributed by atoms with Gasteiger partial charge in [0.15, 0.2) is 0 Å². The van der Waals surface area contributed by atoms with E-state index in [1.165, 1.54) is 12.1 Å². The van der Waals surface area contributed by atoms with Crippen LogP contribution in [0.2, 0.25) is 0 Å². The van der Waals surface area contributed by atoms with Crippen LogP contribution in [0, 0.1) is 10.1 Å². The van der Waals surface area contributed by atoms with Crippen molar-refractivity contribution in [2.45, 2.75) is 12.1 Å². The molecule has 1 aromatic carbocycles. The number of hydrogen-bond donors (Lipinski definition) is 1. The molecule has 24 heavy (non-hydrogen) atoms. The fraction of sp³-hybridized carbons (Fsp3) is 0.412. The van der Waals surface area contributed by atoms with Gasteiger partial charge in [-0.05, 0) is 17.7 Å². The van der Waals surface area contributed by atoms with E-state index >= 15 is 0 Å². The van der Waals surface area contributed by atoms with Crippen molar-refractivity contribution < 1.29 is 14.8 Å². The van der Waals surface area contributed by atoms with Crippen molar-refractivity contribution >= 4 is 5.69 Å². The first-order valence-corrected chi connectivity index (χ1v) is 7.91. The maximum absolute atomic E-state index is 10.9. The van der Waals surface area contributed by atoms with E-state index in [-0.39, 0.29) is 11.7 Å². The molecule has 1 aliphatic rings. The fourth-order valence-corrected chi connectivity index (χ4v) is 3.12. The quantitative estimate of drug-likeness (QED) is 0.670.